The number of hydrogen-bond donors (Lipinski definition) is 3. The Hall–Kier alpha value is -1.30. The second-order valence-corrected chi connectivity index (χ2v) is 6.72. The zero-order valence-corrected chi connectivity index (χ0v) is 13.0. The first-order valence-corrected chi connectivity index (χ1v) is 7.87. The van der Waals surface area contributed by atoms with Gasteiger partial charge in [-0.25, -0.2) is 0 Å². The molecule has 3 unspecified atom stereocenters. The minimum atomic E-state index is -0.973. The maximum Gasteiger partial charge on any atom is 0.236 e. The molecular weight excluding hydrogens is 270 g/mol. The average molecular weight is 297 g/mol. The number of fused-ring (bicyclic) bond motifs is 1. The van der Waals surface area contributed by atoms with Crippen molar-refractivity contribution in [2.24, 2.45) is 22.2 Å². The number of aliphatic hydroxyl groups is 1. The zero-order chi connectivity index (χ0) is 15.7. The Kier molecular flexibility index (Phi) is 4.46. The second-order valence-electron chi connectivity index (χ2n) is 6.72. The molecule has 2 fully saturated rings. The molecule has 0 aromatic heterocycles. The van der Waals surface area contributed by atoms with E-state index in [4.69, 9.17) is 10.9 Å². The summed E-state index contributed by atoms with van der Waals surface area (Å²) in [4.78, 5) is 14.6. The molecule has 1 saturated carbocycles. The number of nitrogens with two attached hydrogens (primary N) is 1. The van der Waals surface area contributed by atoms with Crippen LogP contribution in [0, 0.1) is 11.3 Å². The van der Waals surface area contributed by atoms with Crippen LogP contribution in [-0.2, 0) is 4.79 Å². The number of amidine groups is 1. The van der Waals surface area contributed by atoms with Gasteiger partial charge in [0.25, 0.3) is 0 Å². The summed E-state index contributed by atoms with van der Waals surface area (Å²) in [5, 5.41) is 22.6. The topological polar surface area (TPSA) is 99.2 Å². The van der Waals surface area contributed by atoms with E-state index in [9.17, 15) is 9.90 Å². The third kappa shape index (κ3) is 2.73. The van der Waals surface area contributed by atoms with E-state index in [1.54, 1.807) is 11.8 Å². The molecule has 6 nitrogen and oxygen atoms in total. The van der Waals surface area contributed by atoms with Crippen molar-refractivity contribution in [3.8, 4) is 0 Å². The van der Waals surface area contributed by atoms with Crippen molar-refractivity contribution in [1.29, 1.82) is 0 Å². The summed E-state index contributed by atoms with van der Waals surface area (Å²) in [5.74, 6) is 0.00440. The standard InChI is InChI=1S/C15H27N3O3/c1-3-14(2,12(16)17-21)13(19)18-9-8-15(20)7-5-4-6-11(15)10-18/h11,20-21H,3-10H2,1-2H3,(H2,16,17). The Morgan fingerprint density at radius 3 is 2.81 bits per heavy atom. The Morgan fingerprint density at radius 2 is 2.19 bits per heavy atom. The Balaban J connectivity index is 2.14. The van der Waals surface area contributed by atoms with E-state index in [1.807, 2.05) is 6.92 Å². The molecule has 0 aromatic carbocycles. The van der Waals surface area contributed by atoms with Crippen molar-refractivity contribution >= 4 is 11.7 Å². The molecule has 3 atom stereocenters. The van der Waals surface area contributed by atoms with E-state index >= 15 is 0 Å². The highest BCUT2D eigenvalue weighted by molar-refractivity contribution is 6.06. The van der Waals surface area contributed by atoms with Crippen molar-refractivity contribution in [3.05, 3.63) is 0 Å². The molecular formula is C15H27N3O3. The molecule has 120 valence electrons. The number of carbonyl (C=O) groups excluding carboxylic acids is 1. The van der Waals surface area contributed by atoms with Gasteiger partial charge in [0.2, 0.25) is 5.91 Å². The summed E-state index contributed by atoms with van der Waals surface area (Å²) in [5.41, 5.74) is 4.15. The normalized spacial score (nSPS) is 33.2. The molecule has 21 heavy (non-hydrogen) atoms. The van der Waals surface area contributed by atoms with Gasteiger partial charge >= 0.3 is 0 Å². The number of hydrogen-bond acceptors (Lipinski definition) is 4. The number of carbonyl (C=O) groups is 1. The quantitative estimate of drug-likeness (QED) is 0.316. The van der Waals surface area contributed by atoms with Gasteiger partial charge < -0.3 is 20.9 Å². The van der Waals surface area contributed by atoms with E-state index in [0.29, 0.717) is 25.9 Å². The number of piperidine rings is 1. The van der Waals surface area contributed by atoms with E-state index in [-0.39, 0.29) is 17.7 Å². The van der Waals surface area contributed by atoms with E-state index in [1.165, 1.54) is 0 Å². The van der Waals surface area contributed by atoms with Crippen LogP contribution in [0.1, 0.15) is 52.4 Å². The van der Waals surface area contributed by atoms with Crippen molar-refractivity contribution in [1.82, 2.24) is 4.90 Å². The summed E-state index contributed by atoms with van der Waals surface area (Å²) in [6, 6.07) is 0. The van der Waals surface area contributed by atoms with Crippen LogP contribution in [0.5, 0.6) is 0 Å². The molecule has 1 aliphatic heterocycles. The first kappa shape index (κ1) is 16.1. The number of rotatable bonds is 3. The lowest BCUT2D eigenvalue weighted by atomic mass is 9.70. The highest BCUT2D eigenvalue weighted by Crippen LogP contribution is 2.40. The molecule has 1 saturated heterocycles. The molecule has 1 amide bonds. The highest BCUT2D eigenvalue weighted by Gasteiger charge is 2.47. The second kappa shape index (κ2) is 5.83. The Labute approximate surface area is 126 Å². The van der Waals surface area contributed by atoms with E-state index in [2.05, 4.69) is 5.16 Å². The van der Waals surface area contributed by atoms with Gasteiger partial charge in [-0.05, 0) is 32.6 Å². The average Bonchev–Trinajstić information content (AvgIpc) is 2.51. The van der Waals surface area contributed by atoms with E-state index < -0.39 is 11.0 Å². The highest BCUT2D eigenvalue weighted by atomic mass is 16.4. The molecule has 1 aliphatic carbocycles. The SMILES string of the molecule is CCC(C)(C(=O)N1CCC2(O)CCCCC2C1)C(N)=NO. The summed E-state index contributed by atoms with van der Waals surface area (Å²) in [7, 11) is 0. The van der Waals surface area contributed by atoms with Crippen molar-refractivity contribution < 1.29 is 15.1 Å². The van der Waals surface area contributed by atoms with Crippen LogP contribution >= 0.6 is 0 Å². The van der Waals surface area contributed by atoms with Gasteiger partial charge in [-0.1, -0.05) is 24.9 Å². The molecule has 0 bridgehead atoms. The van der Waals surface area contributed by atoms with Gasteiger partial charge in [-0.3, -0.25) is 4.79 Å². The zero-order valence-electron chi connectivity index (χ0n) is 13.0. The first-order valence-electron chi connectivity index (χ1n) is 7.87. The lowest BCUT2D eigenvalue weighted by Crippen LogP contribution is -2.58. The lowest BCUT2D eigenvalue weighted by Gasteiger charge is -2.48. The first-order chi connectivity index (χ1) is 9.87. The molecule has 1 heterocycles. The number of nitrogens with zero attached hydrogens (tertiary/aromatic N) is 2. The van der Waals surface area contributed by atoms with Gasteiger partial charge in [-0.15, -0.1) is 0 Å². The Morgan fingerprint density at radius 1 is 1.48 bits per heavy atom. The van der Waals surface area contributed by atoms with Crippen LogP contribution in [0.3, 0.4) is 0 Å². The van der Waals surface area contributed by atoms with Crippen molar-refractivity contribution in [3.63, 3.8) is 0 Å². The summed E-state index contributed by atoms with van der Waals surface area (Å²) in [6.07, 6.45) is 5.09. The third-order valence-electron chi connectivity index (χ3n) is 5.57. The molecule has 0 spiro atoms. The molecule has 4 N–H and O–H groups in total. The van der Waals surface area contributed by atoms with Gasteiger partial charge in [0.1, 0.15) is 5.41 Å². The van der Waals surface area contributed by atoms with Crippen LogP contribution in [0.2, 0.25) is 0 Å². The molecule has 2 aliphatic rings. The van der Waals surface area contributed by atoms with Crippen LogP contribution in [0.4, 0.5) is 0 Å². The van der Waals surface area contributed by atoms with Crippen molar-refractivity contribution in [2.75, 3.05) is 13.1 Å². The molecule has 0 radical (unpaired) electrons. The van der Waals surface area contributed by atoms with Crippen molar-refractivity contribution in [2.45, 2.75) is 58.0 Å². The predicted octanol–water partition coefficient (Wildman–Crippen LogP) is 1.30. The number of likely N-dealkylation sites (tertiary alicyclic amines) is 1. The molecule has 6 heteroatoms. The van der Waals surface area contributed by atoms with Crippen LogP contribution in [0.25, 0.3) is 0 Å². The van der Waals surface area contributed by atoms with Crippen LogP contribution in [0.15, 0.2) is 5.16 Å². The number of amides is 1. The summed E-state index contributed by atoms with van der Waals surface area (Å²) >= 11 is 0. The third-order valence-corrected chi connectivity index (χ3v) is 5.57. The minimum Gasteiger partial charge on any atom is -0.409 e. The maximum atomic E-state index is 12.8. The van der Waals surface area contributed by atoms with Gasteiger partial charge in [0, 0.05) is 19.0 Å². The van der Waals surface area contributed by atoms with Crippen LogP contribution in [-0.4, -0.2) is 45.6 Å². The maximum absolute atomic E-state index is 12.8. The Bertz CT molecular complexity index is 440. The largest absolute Gasteiger partial charge is 0.409 e. The minimum absolute atomic E-state index is 0.0421. The van der Waals surface area contributed by atoms with Gasteiger partial charge in [0.15, 0.2) is 5.84 Å². The van der Waals surface area contributed by atoms with Crippen LogP contribution < -0.4 is 5.73 Å². The fraction of sp³-hybridized carbons (Fsp3) is 0.867. The monoisotopic (exact) mass is 297 g/mol. The molecule has 2 rings (SSSR count). The fourth-order valence-electron chi connectivity index (χ4n) is 3.66. The van der Waals surface area contributed by atoms with Gasteiger partial charge in [-0.2, -0.15) is 0 Å². The fourth-order valence-corrected chi connectivity index (χ4v) is 3.66. The smallest absolute Gasteiger partial charge is 0.236 e. The molecule has 0 aromatic rings. The summed E-state index contributed by atoms with van der Waals surface area (Å²) < 4.78 is 0. The predicted molar refractivity (Wildman–Crippen MR) is 79.9 cm³/mol. The summed E-state index contributed by atoms with van der Waals surface area (Å²) in [6.45, 7) is 4.69. The van der Waals surface area contributed by atoms with E-state index in [0.717, 1.165) is 25.7 Å². The number of oxime groups is 1. The lowest BCUT2D eigenvalue weighted by molar-refractivity contribution is -0.149. The van der Waals surface area contributed by atoms with Gasteiger partial charge in [0.05, 0.1) is 5.60 Å².